The van der Waals surface area contributed by atoms with E-state index in [9.17, 15) is 0 Å². The van der Waals surface area contributed by atoms with Gasteiger partial charge in [0.1, 0.15) is 0 Å². The van der Waals surface area contributed by atoms with Crippen molar-refractivity contribution >= 4 is 16.9 Å². The molecule has 15 heavy (non-hydrogen) atoms. The van der Waals surface area contributed by atoms with E-state index < -0.39 is 0 Å². The first kappa shape index (κ1) is 11.3. The van der Waals surface area contributed by atoms with Crippen LogP contribution in [-0.4, -0.2) is 49.0 Å². The lowest BCUT2D eigenvalue weighted by Crippen LogP contribution is -2.36. The summed E-state index contributed by atoms with van der Waals surface area (Å²) in [5, 5.41) is 4.68. The van der Waals surface area contributed by atoms with E-state index in [4.69, 9.17) is 0 Å². The van der Waals surface area contributed by atoms with Crippen molar-refractivity contribution in [3.8, 4) is 0 Å². The molecule has 0 aromatic carbocycles. The number of thioether (sulfide) groups is 1. The molecule has 0 aromatic heterocycles. The lowest BCUT2D eigenvalue weighted by molar-refractivity contribution is 0.220. The van der Waals surface area contributed by atoms with Crippen molar-refractivity contribution in [2.45, 2.75) is 19.3 Å². The van der Waals surface area contributed by atoms with Gasteiger partial charge < -0.3 is 10.2 Å². The predicted molar refractivity (Wildman–Crippen MR) is 67.6 cm³/mol. The normalized spacial score (nSPS) is 25.0. The highest BCUT2D eigenvalue weighted by molar-refractivity contribution is 8.13. The third-order valence-corrected chi connectivity index (χ3v) is 4.22. The molecule has 86 valence electrons. The topological polar surface area (TPSA) is 27.6 Å². The van der Waals surface area contributed by atoms with Gasteiger partial charge in [0, 0.05) is 18.8 Å². The Kier molecular flexibility index (Phi) is 4.32. The van der Waals surface area contributed by atoms with E-state index in [1.807, 2.05) is 11.8 Å². The second-order valence-corrected chi connectivity index (χ2v) is 5.60. The average molecular weight is 227 g/mol. The van der Waals surface area contributed by atoms with Crippen LogP contribution in [0.3, 0.4) is 0 Å². The number of amidine groups is 1. The number of hydrogen-bond acceptors (Lipinski definition) is 4. The first-order chi connectivity index (χ1) is 7.34. The van der Waals surface area contributed by atoms with E-state index in [1.54, 1.807) is 0 Å². The maximum Gasteiger partial charge on any atom is 0.156 e. The SMILES string of the molecule is CN1CCC(CNC2=NCCCS2)CC1. The first-order valence-corrected chi connectivity index (χ1v) is 6.93. The molecular weight excluding hydrogens is 206 g/mol. The summed E-state index contributed by atoms with van der Waals surface area (Å²) in [5.74, 6) is 2.09. The highest BCUT2D eigenvalue weighted by Crippen LogP contribution is 2.16. The molecule has 0 bridgehead atoms. The van der Waals surface area contributed by atoms with E-state index >= 15 is 0 Å². The summed E-state index contributed by atoms with van der Waals surface area (Å²) in [6, 6.07) is 0. The lowest BCUT2D eigenvalue weighted by atomic mass is 9.97. The number of nitrogens with one attached hydrogen (secondary N) is 1. The molecule has 0 spiro atoms. The molecule has 0 aliphatic carbocycles. The van der Waals surface area contributed by atoms with Crippen LogP contribution in [0.15, 0.2) is 4.99 Å². The highest BCUT2D eigenvalue weighted by atomic mass is 32.2. The van der Waals surface area contributed by atoms with E-state index in [2.05, 4.69) is 22.3 Å². The fraction of sp³-hybridized carbons (Fsp3) is 0.909. The van der Waals surface area contributed by atoms with Crippen LogP contribution in [0.1, 0.15) is 19.3 Å². The summed E-state index contributed by atoms with van der Waals surface area (Å²) in [7, 11) is 2.21. The van der Waals surface area contributed by atoms with Crippen LogP contribution in [0.25, 0.3) is 0 Å². The van der Waals surface area contributed by atoms with Gasteiger partial charge in [-0.25, -0.2) is 0 Å². The van der Waals surface area contributed by atoms with Gasteiger partial charge in [-0.2, -0.15) is 0 Å². The summed E-state index contributed by atoms with van der Waals surface area (Å²) < 4.78 is 0. The van der Waals surface area contributed by atoms with Crippen LogP contribution >= 0.6 is 11.8 Å². The quantitative estimate of drug-likeness (QED) is 0.773. The van der Waals surface area contributed by atoms with E-state index in [-0.39, 0.29) is 0 Å². The summed E-state index contributed by atoms with van der Waals surface area (Å²) >= 11 is 1.88. The maximum absolute atomic E-state index is 4.49. The number of likely N-dealkylation sites (tertiary alicyclic amines) is 1. The second kappa shape index (κ2) is 5.75. The molecule has 1 saturated heterocycles. The fourth-order valence-corrected chi connectivity index (χ4v) is 2.90. The van der Waals surface area contributed by atoms with Crippen LogP contribution in [0, 0.1) is 5.92 Å². The Hall–Kier alpha value is -0.220. The fourth-order valence-electron chi connectivity index (χ4n) is 2.06. The summed E-state index contributed by atoms with van der Waals surface area (Å²) in [4.78, 5) is 6.91. The largest absolute Gasteiger partial charge is 0.365 e. The molecule has 2 heterocycles. The summed E-state index contributed by atoms with van der Waals surface area (Å²) in [6.07, 6.45) is 3.91. The van der Waals surface area contributed by atoms with Crippen molar-refractivity contribution in [2.24, 2.45) is 10.9 Å². The van der Waals surface area contributed by atoms with Crippen molar-refractivity contribution in [2.75, 3.05) is 39.0 Å². The number of nitrogens with zero attached hydrogens (tertiary/aromatic N) is 2. The predicted octanol–water partition coefficient (Wildman–Crippen LogP) is 1.41. The zero-order valence-electron chi connectivity index (χ0n) is 9.54. The van der Waals surface area contributed by atoms with E-state index in [0.717, 1.165) is 19.0 Å². The molecule has 3 nitrogen and oxygen atoms in total. The summed E-state index contributed by atoms with van der Waals surface area (Å²) in [5.41, 5.74) is 0. The molecule has 2 aliphatic rings. The third-order valence-electron chi connectivity index (χ3n) is 3.18. The molecule has 4 heteroatoms. The molecule has 1 fully saturated rings. The van der Waals surface area contributed by atoms with Gasteiger partial charge in [0.15, 0.2) is 5.17 Å². The summed E-state index contributed by atoms with van der Waals surface area (Å²) in [6.45, 7) is 4.65. The number of rotatable bonds is 2. The number of hydrogen-bond donors (Lipinski definition) is 1. The van der Waals surface area contributed by atoms with Crippen LogP contribution in [0.4, 0.5) is 0 Å². The Bertz CT molecular complexity index is 222. The molecule has 0 saturated carbocycles. The van der Waals surface area contributed by atoms with Crippen LogP contribution in [-0.2, 0) is 0 Å². The smallest absolute Gasteiger partial charge is 0.156 e. The van der Waals surface area contributed by atoms with Gasteiger partial charge in [0.05, 0.1) is 0 Å². The lowest BCUT2D eigenvalue weighted by Gasteiger charge is -2.29. The van der Waals surface area contributed by atoms with Crippen molar-refractivity contribution in [1.82, 2.24) is 10.2 Å². The minimum absolute atomic E-state index is 0.853. The molecule has 1 N–H and O–H groups in total. The Morgan fingerprint density at radius 2 is 2.27 bits per heavy atom. The molecular formula is C11H21N3S. The van der Waals surface area contributed by atoms with Gasteiger partial charge in [0.25, 0.3) is 0 Å². The Morgan fingerprint density at radius 3 is 2.93 bits per heavy atom. The Labute approximate surface area is 96.7 Å². The molecule has 0 aromatic rings. The number of piperidine rings is 1. The Morgan fingerprint density at radius 1 is 1.47 bits per heavy atom. The standard InChI is InChI=1S/C11H21N3S/c1-14-6-3-10(4-7-14)9-13-11-12-5-2-8-15-11/h10H,2-9H2,1H3,(H,12,13). The van der Waals surface area contributed by atoms with Crippen molar-refractivity contribution in [3.05, 3.63) is 0 Å². The first-order valence-electron chi connectivity index (χ1n) is 5.94. The van der Waals surface area contributed by atoms with Crippen LogP contribution < -0.4 is 5.32 Å². The minimum atomic E-state index is 0.853. The molecule has 0 radical (unpaired) electrons. The van der Waals surface area contributed by atoms with Gasteiger partial charge in [0.2, 0.25) is 0 Å². The van der Waals surface area contributed by atoms with Gasteiger partial charge >= 0.3 is 0 Å². The second-order valence-electron chi connectivity index (χ2n) is 4.52. The molecule has 2 rings (SSSR count). The zero-order valence-corrected chi connectivity index (χ0v) is 10.4. The maximum atomic E-state index is 4.49. The minimum Gasteiger partial charge on any atom is -0.365 e. The zero-order chi connectivity index (χ0) is 10.5. The van der Waals surface area contributed by atoms with Crippen LogP contribution in [0.2, 0.25) is 0 Å². The monoisotopic (exact) mass is 227 g/mol. The molecule has 2 aliphatic heterocycles. The van der Waals surface area contributed by atoms with Crippen LogP contribution in [0.5, 0.6) is 0 Å². The molecule has 0 unspecified atom stereocenters. The van der Waals surface area contributed by atoms with E-state index in [0.29, 0.717) is 0 Å². The third kappa shape index (κ3) is 3.68. The van der Waals surface area contributed by atoms with Crippen molar-refractivity contribution in [1.29, 1.82) is 0 Å². The average Bonchev–Trinajstić information content (AvgIpc) is 2.30. The Balaban J connectivity index is 1.67. The highest BCUT2D eigenvalue weighted by Gasteiger charge is 2.17. The van der Waals surface area contributed by atoms with Crippen molar-refractivity contribution < 1.29 is 0 Å². The molecule has 0 amide bonds. The van der Waals surface area contributed by atoms with Gasteiger partial charge in [-0.05, 0) is 45.3 Å². The molecule has 0 atom stereocenters. The van der Waals surface area contributed by atoms with Gasteiger partial charge in [-0.3, -0.25) is 4.99 Å². The van der Waals surface area contributed by atoms with E-state index in [1.165, 1.54) is 43.3 Å². The van der Waals surface area contributed by atoms with Gasteiger partial charge in [-0.15, -0.1) is 0 Å². The van der Waals surface area contributed by atoms with Gasteiger partial charge in [-0.1, -0.05) is 11.8 Å². The van der Waals surface area contributed by atoms with Crippen molar-refractivity contribution in [3.63, 3.8) is 0 Å². The number of aliphatic imine (C=N–C) groups is 1.